The quantitative estimate of drug-likeness (QED) is 0.679. The Kier molecular flexibility index (Phi) is 7.68. The van der Waals surface area contributed by atoms with Gasteiger partial charge in [-0.15, -0.1) is 0 Å². The van der Waals surface area contributed by atoms with Gasteiger partial charge >= 0.3 is 5.97 Å². The zero-order valence-corrected chi connectivity index (χ0v) is 13.1. The summed E-state index contributed by atoms with van der Waals surface area (Å²) in [6, 6.07) is 0. The van der Waals surface area contributed by atoms with E-state index in [0.29, 0.717) is 19.0 Å². The molecule has 0 rings (SSSR count). The highest BCUT2D eigenvalue weighted by atomic mass is 16.5. The highest BCUT2D eigenvalue weighted by Crippen LogP contribution is 2.11. The fourth-order valence-electron chi connectivity index (χ4n) is 1.96. The Morgan fingerprint density at radius 3 is 2.32 bits per heavy atom. The third-order valence-corrected chi connectivity index (χ3v) is 2.84. The van der Waals surface area contributed by atoms with E-state index < -0.39 is 5.54 Å². The number of nitrogens with one attached hydrogen (secondary N) is 1. The van der Waals surface area contributed by atoms with Gasteiger partial charge in [-0.05, 0) is 26.3 Å². The molecule has 0 aromatic rings. The normalized spacial score (nSPS) is 11.5. The number of nitrogens with zero attached hydrogens (tertiary/aromatic N) is 1. The van der Waals surface area contributed by atoms with E-state index in [0.717, 1.165) is 6.54 Å². The minimum Gasteiger partial charge on any atom is -0.469 e. The van der Waals surface area contributed by atoms with Gasteiger partial charge in [0.15, 0.2) is 0 Å². The van der Waals surface area contributed by atoms with Crippen molar-refractivity contribution in [3.63, 3.8) is 0 Å². The van der Waals surface area contributed by atoms with Crippen molar-refractivity contribution >= 4 is 11.9 Å². The lowest BCUT2D eigenvalue weighted by atomic mass is 10.0. The monoisotopic (exact) mass is 272 g/mol. The van der Waals surface area contributed by atoms with Crippen LogP contribution in [0.5, 0.6) is 0 Å². The molecule has 5 nitrogen and oxygen atoms in total. The number of esters is 1. The molecule has 0 atom stereocenters. The van der Waals surface area contributed by atoms with Crippen LogP contribution in [0.15, 0.2) is 0 Å². The van der Waals surface area contributed by atoms with Crippen LogP contribution in [0.4, 0.5) is 0 Å². The molecule has 112 valence electrons. The molecular formula is C14H28N2O3. The molecule has 1 amide bonds. The Hall–Kier alpha value is -1.10. The van der Waals surface area contributed by atoms with Crippen LogP contribution >= 0.6 is 0 Å². The van der Waals surface area contributed by atoms with Gasteiger partial charge < -0.3 is 15.0 Å². The van der Waals surface area contributed by atoms with Crippen molar-refractivity contribution in [3.8, 4) is 0 Å². The van der Waals surface area contributed by atoms with Crippen LogP contribution in [-0.4, -0.2) is 49.1 Å². The Morgan fingerprint density at radius 1 is 1.32 bits per heavy atom. The molecule has 0 radical (unpaired) electrons. The van der Waals surface area contributed by atoms with Crippen LogP contribution < -0.4 is 5.32 Å². The van der Waals surface area contributed by atoms with Crippen molar-refractivity contribution in [1.29, 1.82) is 0 Å². The van der Waals surface area contributed by atoms with Crippen molar-refractivity contribution < 1.29 is 14.3 Å². The van der Waals surface area contributed by atoms with Crippen molar-refractivity contribution in [3.05, 3.63) is 0 Å². The standard InChI is InChI=1S/C14H28N2O3/c1-7-15-14(4,5)13(18)16(10-11(2)3)9-8-12(17)19-6/h11,15H,7-10H2,1-6H3. The van der Waals surface area contributed by atoms with Crippen molar-refractivity contribution in [1.82, 2.24) is 10.2 Å². The van der Waals surface area contributed by atoms with E-state index in [-0.39, 0.29) is 18.3 Å². The average molecular weight is 272 g/mol. The van der Waals surface area contributed by atoms with Crippen LogP contribution in [0.2, 0.25) is 0 Å². The number of methoxy groups -OCH3 is 1. The Bertz CT molecular complexity index is 301. The topological polar surface area (TPSA) is 58.6 Å². The fraction of sp³-hybridized carbons (Fsp3) is 0.857. The Morgan fingerprint density at radius 2 is 1.89 bits per heavy atom. The molecular weight excluding hydrogens is 244 g/mol. The van der Waals surface area contributed by atoms with Gasteiger partial charge in [-0.1, -0.05) is 20.8 Å². The molecule has 0 aliphatic rings. The average Bonchev–Trinajstić information content (AvgIpc) is 2.32. The minimum absolute atomic E-state index is 0.0203. The number of hydrogen-bond donors (Lipinski definition) is 1. The number of hydrogen-bond acceptors (Lipinski definition) is 4. The molecule has 0 saturated heterocycles. The molecule has 5 heteroatoms. The fourth-order valence-corrected chi connectivity index (χ4v) is 1.96. The molecule has 0 aliphatic carbocycles. The number of rotatable bonds is 8. The molecule has 0 saturated carbocycles. The van der Waals surface area contributed by atoms with Gasteiger partial charge in [0.2, 0.25) is 5.91 Å². The third-order valence-electron chi connectivity index (χ3n) is 2.84. The maximum atomic E-state index is 12.5. The van der Waals surface area contributed by atoms with Gasteiger partial charge in [-0.2, -0.15) is 0 Å². The van der Waals surface area contributed by atoms with Gasteiger partial charge in [-0.3, -0.25) is 9.59 Å². The smallest absolute Gasteiger partial charge is 0.307 e. The molecule has 0 aromatic carbocycles. The minimum atomic E-state index is -0.611. The molecule has 1 N–H and O–H groups in total. The second-order valence-electron chi connectivity index (χ2n) is 5.63. The number of likely N-dealkylation sites (N-methyl/N-ethyl adjacent to an activating group) is 1. The van der Waals surface area contributed by atoms with E-state index in [1.807, 2.05) is 20.8 Å². The number of amides is 1. The molecule has 0 fully saturated rings. The van der Waals surface area contributed by atoms with Crippen LogP contribution in [0, 0.1) is 5.92 Å². The summed E-state index contributed by atoms with van der Waals surface area (Å²) in [5.74, 6) is 0.0915. The lowest BCUT2D eigenvalue weighted by molar-refractivity contribution is -0.143. The first-order chi connectivity index (χ1) is 8.74. The predicted octanol–water partition coefficient (Wildman–Crippen LogP) is 1.42. The predicted molar refractivity (Wildman–Crippen MR) is 75.8 cm³/mol. The van der Waals surface area contributed by atoms with E-state index in [4.69, 9.17) is 0 Å². The first-order valence-corrected chi connectivity index (χ1v) is 6.85. The molecule has 0 heterocycles. The van der Waals surface area contributed by atoms with Crippen LogP contribution in [-0.2, 0) is 14.3 Å². The Balaban J connectivity index is 4.73. The molecule has 0 aliphatic heterocycles. The van der Waals surface area contributed by atoms with Crippen molar-refractivity contribution in [2.75, 3.05) is 26.7 Å². The Labute approximate surface area is 116 Å². The number of carbonyl (C=O) groups excluding carboxylic acids is 2. The van der Waals surface area contributed by atoms with Crippen LogP contribution in [0.25, 0.3) is 0 Å². The summed E-state index contributed by atoms with van der Waals surface area (Å²) < 4.78 is 4.63. The molecule has 0 unspecified atom stereocenters. The number of carbonyl (C=O) groups is 2. The van der Waals surface area contributed by atoms with E-state index >= 15 is 0 Å². The molecule has 19 heavy (non-hydrogen) atoms. The van der Waals surface area contributed by atoms with Gasteiger partial charge in [0.25, 0.3) is 0 Å². The SMILES string of the molecule is CCNC(C)(C)C(=O)N(CCC(=O)OC)CC(C)C. The van der Waals surface area contributed by atoms with Crippen molar-refractivity contribution in [2.45, 2.75) is 46.6 Å². The first-order valence-electron chi connectivity index (χ1n) is 6.85. The highest BCUT2D eigenvalue weighted by molar-refractivity contribution is 5.86. The van der Waals surface area contributed by atoms with Gasteiger partial charge in [-0.25, -0.2) is 0 Å². The van der Waals surface area contributed by atoms with E-state index in [1.54, 1.807) is 4.90 Å². The van der Waals surface area contributed by atoms with E-state index in [2.05, 4.69) is 23.9 Å². The second-order valence-corrected chi connectivity index (χ2v) is 5.63. The highest BCUT2D eigenvalue weighted by Gasteiger charge is 2.31. The lowest BCUT2D eigenvalue weighted by Crippen LogP contribution is -2.55. The third kappa shape index (κ3) is 6.57. The van der Waals surface area contributed by atoms with E-state index in [9.17, 15) is 9.59 Å². The zero-order valence-electron chi connectivity index (χ0n) is 13.1. The van der Waals surface area contributed by atoms with E-state index in [1.165, 1.54) is 7.11 Å². The largest absolute Gasteiger partial charge is 0.469 e. The summed E-state index contributed by atoms with van der Waals surface area (Å²) >= 11 is 0. The summed E-state index contributed by atoms with van der Waals surface area (Å²) in [5, 5.41) is 3.17. The van der Waals surface area contributed by atoms with Gasteiger partial charge in [0, 0.05) is 13.1 Å². The maximum Gasteiger partial charge on any atom is 0.307 e. The van der Waals surface area contributed by atoms with Crippen molar-refractivity contribution in [2.24, 2.45) is 5.92 Å². The van der Waals surface area contributed by atoms with Crippen LogP contribution in [0.1, 0.15) is 41.0 Å². The molecule has 0 aromatic heterocycles. The summed E-state index contributed by atoms with van der Waals surface area (Å²) in [6.45, 7) is 11.6. The summed E-state index contributed by atoms with van der Waals surface area (Å²) in [4.78, 5) is 25.5. The zero-order chi connectivity index (χ0) is 15.1. The molecule has 0 spiro atoms. The molecule has 0 bridgehead atoms. The maximum absolute atomic E-state index is 12.5. The van der Waals surface area contributed by atoms with Crippen LogP contribution in [0.3, 0.4) is 0 Å². The number of ether oxygens (including phenoxy) is 1. The first kappa shape index (κ1) is 17.9. The summed E-state index contributed by atoms with van der Waals surface area (Å²) in [7, 11) is 1.36. The summed E-state index contributed by atoms with van der Waals surface area (Å²) in [5.41, 5.74) is -0.611. The summed E-state index contributed by atoms with van der Waals surface area (Å²) in [6.07, 6.45) is 0.233. The van der Waals surface area contributed by atoms with Gasteiger partial charge in [0.1, 0.15) is 0 Å². The van der Waals surface area contributed by atoms with Gasteiger partial charge in [0.05, 0.1) is 19.1 Å². The lowest BCUT2D eigenvalue weighted by Gasteiger charge is -2.33. The second kappa shape index (κ2) is 8.15.